The van der Waals surface area contributed by atoms with Crippen LogP contribution in [0.3, 0.4) is 0 Å². The van der Waals surface area contributed by atoms with Gasteiger partial charge in [-0.2, -0.15) is 0 Å². The molecule has 3 rings (SSSR count). The maximum absolute atomic E-state index is 11.3. The van der Waals surface area contributed by atoms with E-state index in [-0.39, 0.29) is 5.78 Å². The summed E-state index contributed by atoms with van der Waals surface area (Å²) >= 11 is 7.57. The second kappa shape index (κ2) is 7.59. The molecule has 126 valence electrons. The monoisotopic (exact) mass is 369 g/mol. The van der Waals surface area contributed by atoms with E-state index in [2.05, 4.69) is 9.98 Å². The highest BCUT2D eigenvalue weighted by Gasteiger charge is 2.05. The van der Waals surface area contributed by atoms with Crippen LogP contribution < -0.4 is 5.73 Å². The normalized spacial score (nSPS) is 11.1. The molecule has 25 heavy (non-hydrogen) atoms. The van der Waals surface area contributed by atoms with Crippen molar-refractivity contribution >= 4 is 40.6 Å². The minimum atomic E-state index is -0.00785. The van der Waals surface area contributed by atoms with Crippen LogP contribution in [0.25, 0.3) is 11.3 Å². The summed E-state index contributed by atoms with van der Waals surface area (Å²) in [4.78, 5) is 20.3. The van der Waals surface area contributed by atoms with Crippen LogP contribution in [0.4, 0.5) is 5.69 Å². The maximum atomic E-state index is 11.3. The molecule has 0 aliphatic rings. The van der Waals surface area contributed by atoms with Gasteiger partial charge < -0.3 is 5.73 Å². The number of nitrogens with zero attached hydrogens (tertiary/aromatic N) is 2. The van der Waals surface area contributed by atoms with Gasteiger partial charge in [-0.25, -0.2) is 4.98 Å². The van der Waals surface area contributed by atoms with Crippen molar-refractivity contribution in [1.82, 2.24) is 4.98 Å². The van der Waals surface area contributed by atoms with Gasteiger partial charge >= 0.3 is 0 Å². The second-order valence-electron chi connectivity index (χ2n) is 5.51. The van der Waals surface area contributed by atoms with E-state index in [0.717, 1.165) is 21.8 Å². The highest BCUT2D eigenvalue weighted by atomic mass is 35.5. The molecule has 1 heterocycles. The Morgan fingerprint density at radius 1 is 1.32 bits per heavy atom. The first-order valence-electron chi connectivity index (χ1n) is 7.63. The SMILES string of the molecule is CC(=O)c1ccc(C=NCc2nc(-c3cccc(Cl)c3)cs2)c(N)c1. The Morgan fingerprint density at radius 3 is 2.88 bits per heavy atom. The third kappa shape index (κ3) is 4.32. The number of hydrogen-bond donors (Lipinski definition) is 1. The van der Waals surface area contributed by atoms with E-state index in [9.17, 15) is 4.79 Å². The number of rotatable bonds is 5. The first-order valence-corrected chi connectivity index (χ1v) is 8.89. The highest BCUT2D eigenvalue weighted by Crippen LogP contribution is 2.24. The maximum Gasteiger partial charge on any atom is 0.159 e. The van der Waals surface area contributed by atoms with Crippen molar-refractivity contribution in [2.45, 2.75) is 13.5 Å². The molecule has 0 radical (unpaired) electrons. The van der Waals surface area contributed by atoms with Crippen LogP contribution in [0, 0.1) is 0 Å². The van der Waals surface area contributed by atoms with Gasteiger partial charge in [0.1, 0.15) is 5.01 Å². The van der Waals surface area contributed by atoms with E-state index < -0.39 is 0 Å². The van der Waals surface area contributed by atoms with Gasteiger partial charge in [0.25, 0.3) is 0 Å². The molecule has 0 fully saturated rings. The summed E-state index contributed by atoms with van der Waals surface area (Å²) in [5.74, 6) is -0.00785. The van der Waals surface area contributed by atoms with Crippen molar-refractivity contribution in [1.29, 1.82) is 0 Å². The number of aromatic nitrogens is 1. The predicted octanol–water partition coefficient (Wildman–Crippen LogP) is 4.87. The van der Waals surface area contributed by atoms with Crippen molar-refractivity contribution in [3.63, 3.8) is 0 Å². The molecule has 0 atom stereocenters. The van der Waals surface area contributed by atoms with Crippen LogP contribution >= 0.6 is 22.9 Å². The number of aliphatic imine (C=N–C) groups is 1. The number of anilines is 1. The van der Waals surface area contributed by atoms with Crippen molar-refractivity contribution < 1.29 is 4.79 Å². The average Bonchev–Trinajstić information content (AvgIpc) is 3.05. The first kappa shape index (κ1) is 17.3. The number of Topliss-reactive ketones (excluding diaryl/α,β-unsaturated/α-hetero) is 1. The Morgan fingerprint density at radius 2 is 2.16 bits per heavy atom. The molecule has 3 aromatic rings. The number of nitrogen functional groups attached to an aromatic ring is 1. The minimum absolute atomic E-state index is 0.00785. The van der Waals surface area contributed by atoms with Gasteiger partial charge in [0, 0.05) is 39.0 Å². The van der Waals surface area contributed by atoms with Crippen LogP contribution in [0.5, 0.6) is 0 Å². The zero-order chi connectivity index (χ0) is 17.8. The van der Waals surface area contributed by atoms with Crippen LogP contribution in [0.15, 0.2) is 52.8 Å². The largest absolute Gasteiger partial charge is 0.398 e. The summed E-state index contributed by atoms with van der Waals surface area (Å²) < 4.78 is 0. The molecule has 0 spiro atoms. The molecule has 0 aliphatic heterocycles. The molecule has 0 saturated heterocycles. The number of carbonyl (C=O) groups excluding carboxylic acids is 1. The van der Waals surface area contributed by atoms with E-state index in [1.54, 1.807) is 35.8 Å². The van der Waals surface area contributed by atoms with E-state index in [1.165, 1.54) is 6.92 Å². The Kier molecular flexibility index (Phi) is 5.26. The third-order valence-corrected chi connectivity index (χ3v) is 4.69. The number of hydrogen-bond acceptors (Lipinski definition) is 5. The topological polar surface area (TPSA) is 68.3 Å². The summed E-state index contributed by atoms with van der Waals surface area (Å²) in [5, 5.41) is 3.59. The Labute approximate surface area is 155 Å². The number of halogens is 1. The summed E-state index contributed by atoms with van der Waals surface area (Å²) in [6.45, 7) is 1.99. The quantitative estimate of drug-likeness (QED) is 0.396. The van der Waals surface area contributed by atoms with Gasteiger partial charge in [0.05, 0.1) is 12.2 Å². The lowest BCUT2D eigenvalue weighted by Gasteiger charge is -2.02. The van der Waals surface area contributed by atoms with Gasteiger partial charge in [0.15, 0.2) is 5.78 Å². The second-order valence-corrected chi connectivity index (χ2v) is 6.89. The Balaban J connectivity index is 1.70. The smallest absolute Gasteiger partial charge is 0.159 e. The standard InChI is InChI=1S/C19H16ClN3OS/c1-12(24)13-5-6-15(17(21)8-13)9-22-10-19-23-18(11-25-19)14-3-2-4-16(20)7-14/h2-9,11H,10,21H2,1H3. The van der Waals surface area contributed by atoms with Crippen molar-refractivity contribution in [2.24, 2.45) is 4.99 Å². The number of carbonyl (C=O) groups is 1. The zero-order valence-electron chi connectivity index (χ0n) is 13.6. The molecule has 2 aromatic carbocycles. The lowest BCUT2D eigenvalue weighted by Crippen LogP contribution is -1.98. The van der Waals surface area contributed by atoms with E-state index in [4.69, 9.17) is 17.3 Å². The lowest BCUT2D eigenvalue weighted by atomic mass is 10.1. The Hall–Kier alpha value is -2.50. The first-order chi connectivity index (χ1) is 12.0. The van der Waals surface area contributed by atoms with Crippen LogP contribution in [0.2, 0.25) is 5.02 Å². The molecule has 0 saturated carbocycles. The predicted molar refractivity (Wildman–Crippen MR) is 105 cm³/mol. The molecular formula is C19H16ClN3OS. The summed E-state index contributed by atoms with van der Waals surface area (Å²) in [5.41, 5.74) is 9.77. The lowest BCUT2D eigenvalue weighted by molar-refractivity contribution is 0.101. The van der Waals surface area contributed by atoms with Crippen LogP contribution in [0.1, 0.15) is 27.9 Å². The van der Waals surface area contributed by atoms with Crippen molar-refractivity contribution in [2.75, 3.05) is 5.73 Å². The Bertz CT molecular complexity index is 949. The zero-order valence-corrected chi connectivity index (χ0v) is 15.1. The molecule has 0 unspecified atom stereocenters. The molecule has 6 heteroatoms. The average molecular weight is 370 g/mol. The molecular weight excluding hydrogens is 354 g/mol. The van der Waals surface area contributed by atoms with E-state index in [1.807, 2.05) is 29.6 Å². The molecule has 2 N–H and O–H groups in total. The number of ketones is 1. The summed E-state index contributed by atoms with van der Waals surface area (Å²) in [6, 6.07) is 12.8. The van der Waals surface area contributed by atoms with Crippen LogP contribution in [-0.4, -0.2) is 17.0 Å². The molecule has 0 aliphatic carbocycles. The molecule has 0 bridgehead atoms. The van der Waals surface area contributed by atoms with Gasteiger partial charge in [-0.3, -0.25) is 9.79 Å². The fourth-order valence-corrected chi connectivity index (χ4v) is 3.22. The van der Waals surface area contributed by atoms with Crippen molar-refractivity contribution in [3.8, 4) is 11.3 Å². The van der Waals surface area contributed by atoms with E-state index in [0.29, 0.717) is 22.8 Å². The minimum Gasteiger partial charge on any atom is -0.398 e. The number of nitrogens with two attached hydrogens (primary N) is 1. The van der Waals surface area contributed by atoms with Gasteiger partial charge in [-0.15, -0.1) is 11.3 Å². The third-order valence-electron chi connectivity index (χ3n) is 3.62. The highest BCUT2D eigenvalue weighted by molar-refractivity contribution is 7.09. The molecule has 4 nitrogen and oxygen atoms in total. The van der Waals surface area contributed by atoms with E-state index >= 15 is 0 Å². The molecule has 0 amide bonds. The fourth-order valence-electron chi connectivity index (χ4n) is 2.30. The summed E-state index contributed by atoms with van der Waals surface area (Å²) in [6.07, 6.45) is 1.71. The van der Waals surface area contributed by atoms with Gasteiger partial charge in [-0.05, 0) is 25.1 Å². The van der Waals surface area contributed by atoms with Gasteiger partial charge in [0.2, 0.25) is 0 Å². The van der Waals surface area contributed by atoms with Gasteiger partial charge in [-0.1, -0.05) is 35.9 Å². The fraction of sp³-hybridized carbons (Fsp3) is 0.105. The molecule has 1 aromatic heterocycles. The van der Waals surface area contributed by atoms with Crippen LogP contribution in [-0.2, 0) is 6.54 Å². The summed E-state index contributed by atoms with van der Waals surface area (Å²) in [7, 11) is 0. The van der Waals surface area contributed by atoms with Crippen molar-refractivity contribution in [3.05, 3.63) is 69.0 Å². The number of benzene rings is 2. The number of thiazole rings is 1.